The average molecular weight is 345 g/mol. The van der Waals surface area contributed by atoms with Gasteiger partial charge >= 0.3 is 6.03 Å². The van der Waals surface area contributed by atoms with Crippen molar-refractivity contribution < 1.29 is 9.59 Å². The van der Waals surface area contributed by atoms with Crippen molar-refractivity contribution in [3.05, 3.63) is 30.5 Å². The van der Waals surface area contributed by atoms with Gasteiger partial charge in [-0.1, -0.05) is 28.7 Å². The Kier molecular flexibility index (Phi) is 4.38. The van der Waals surface area contributed by atoms with E-state index in [1.807, 2.05) is 24.3 Å². The smallest absolute Gasteiger partial charge is 0.322 e. The summed E-state index contributed by atoms with van der Waals surface area (Å²) in [5, 5.41) is 13.4. The number of fused-ring (bicyclic) bond motifs is 1. The molecule has 0 fully saturated rings. The number of para-hydroxylation sites is 1. The van der Waals surface area contributed by atoms with Crippen molar-refractivity contribution in [2.24, 2.45) is 0 Å². The van der Waals surface area contributed by atoms with Crippen molar-refractivity contribution in [3.63, 3.8) is 0 Å². The van der Waals surface area contributed by atoms with Gasteiger partial charge in [-0.3, -0.25) is 10.1 Å². The molecule has 0 saturated carbocycles. The van der Waals surface area contributed by atoms with E-state index in [9.17, 15) is 9.59 Å². The largest absolute Gasteiger partial charge is 0.331 e. The highest BCUT2D eigenvalue weighted by molar-refractivity contribution is 7.22. The fraction of sp³-hybridized carbons (Fsp3) is 0.214. The zero-order valence-electron chi connectivity index (χ0n) is 13.1. The molecule has 0 aliphatic heterocycles. The predicted octanol–water partition coefficient (Wildman–Crippen LogP) is 1.62. The first-order valence-electron chi connectivity index (χ1n) is 7.05. The van der Waals surface area contributed by atoms with Crippen LogP contribution in [0.25, 0.3) is 10.2 Å². The molecule has 24 heavy (non-hydrogen) atoms. The van der Waals surface area contributed by atoms with Gasteiger partial charge in [0.2, 0.25) is 5.91 Å². The SMILES string of the molecule is CN(C)C(=O)Nc1cn(CC(=O)Nc2nc3ccccc3s2)nn1. The van der Waals surface area contributed by atoms with Crippen LogP contribution in [0.1, 0.15) is 0 Å². The maximum absolute atomic E-state index is 12.1. The highest BCUT2D eigenvalue weighted by atomic mass is 32.1. The number of benzene rings is 1. The number of anilines is 2. The molecule has 124 valence electrons. The third-order valence-corrected chi connectivity index (χ3v) is 3.98. The molecule has 9 nitrogen and oxygen atoms in total. The first-order chi connectivity index (χ1) is 11.5. The zero-order chi connectivity index (χ0) is 17.1. The van der Waals surface area contributed by atoms with Gasteiger partial charge in [0.1, 0.15) is 6.54 Å². The van der Waals surface area contributed by atoms with Gasteiger partial charge in [0.05, 0.1) is 16.4 Å². The third-order valence-electron chi connectivity index (χ3n) is 3.03. The molecule has 10 heteroatoms. The van der Waals surface area contributed by atoms with Crippen molar-refractivity contribution in [2.45, 2.75) is 6.54 Å². The van der Waals surface area contributed by atoms with E-state index < -0.39 is 0 Å². The molecule has 2 heterocycles. The monoisotopic (exact) mass is 345 g/mol. The summed E-state index contributed by atoms with van der Waals surface area (Å²) in [6, 6.07) is 7.33. The summed E-state index contributed by atoms with van der Waals surface area (Å²) < 4.78 is 2.34. The number of carbonyl (C=O) groups is 2. The highest BCUT2D eigenvalue weighted by Gasteiger charge is 2.11. The minimum Gasteiger partial charge on any atom is -0.331 e. The van der Waals surface area contributed by atoms with Gasteiger partial charge in [-0.2, -0.15) is 0 Å². The molecule has 0 bridgehead atoms. The summed E-state index contributed by atoms with van der Waals surface area (Å²) in [5.74, 6) is 0.00549. The zero-order valence-corrected chi connectivity index (χ0v) is 13.9. The number of nitrogens with one attached hydrogen (secondary N) is 2. The lowest BCUT2D eigenvalue weighted by atomic mass is 10.3. The lowest BCUT2D eigenvalue weighted by molar-refractivity contribution is -0.116. The molecule has 2 N–H and O–H groups in total. The van der Waals surface area contributed by atoms with Gasteiger partial charge in [0.25, 0.3) is 0 Å². The number of amides is 3. The first-order valence-corrected chi connectivity index (χ1v) is 7.87. The number of hydrogen-bond acceptors (Lipinski definition) is 6. The van der Waals surface area contributed by atoms with E-state index in [0.29, 0.717) is 5.13 Å². The van der Waals surface area contributed by atoms with E-state index in [-0.39, 0.29) is 24.3 Å². The molecule has 3 rings (SSSR count). The van der Waals surface area contributed by atoms with Crippen LogP contribution in [0.15, 0.2) is 30.5 Å². The Balaban J connectivity index is 1.60. The summed E-state index contributed by atoms with van der Waals surface area (Å²) in [6.45, 7) is -0.0270. The molecule has 0 atom stereocenters. The van der Waals surface area contributed by atoms with Gasteiger partial charge in [0.15, 0.2) is 10.9 Å². The molecule has 0 spiro atoms. The Morgan fingerprint density at radius 2 is 2.04 bits per heavy atom. The Labute approximate surface area is 141 Å². The van der Waals surface area contributed by atoms with E-state index in [4.69, 9.17) is 0 Å². The standard InChI is InChI=1S/C14H15N7O2S/c1-20(2)14(23)16-11-7-21(19-18-11)8-12(22)17-13-15-9-5-3-4-6-10(9)24-13/h3-7H,8H2,1-2H3,(H,16,23)(H,15,17,22). The fourth-order valence-electron chi connectivity index (χ4n) is 1.89. The average Bonchev–Trinajstić information content (AvgIpc) is 3.12. The van der Waals surface area contributed by atoms with E-state index in [1.165, 1.54) is 27.1 Å². The van der Waals surface area contributed by atoms with Crippen LogP contribution in [-0.4, -0.2) is 50.9 Å². The molecule has 2 aromatic heterocycles. The molecule has 0 aliphatic rings. The van der Waals surface area contributed by atoms with Crippen LogP contribution in [0.2, 0.25) is 0 Å². The lowest BCUT2D eigenvalue weighted by Crippen LogP contribution is -2.27. The van der Waals surface area contributed by atoms with Gasteiger partial charge in [-0.15, -0.1) is 5.10 Å². The minimum absolute atomic E-state index is 0.0270. The summed E-state index contributed by atoms with van der Waals surface area (Å²) >= 11 is 1.40. The minimum atomic E-state index is -0.319. The number of nitrogens with zero attached hydrogens (tertiary/aromatic N) is 5. The van der Waals surface area contributed by atoms with Crippen LogP contribution in [-0.2, 0) is 11.3 Å². The lowest BCUT2D eigenvalue weighted by Gasteiger charge is -2.08. The van der Waals surface area contributed by atoms with Crippen LogP contribution < -0.4 is 10.6 Å². The molecule has 0 saturated heterocycles. The van der Waals surface area contributed by atoms with Crippen LogP contribution >= 0.6 is 11.3 Å². The number of thiazole rings is 1. The summed E-state index contributed by atoms with van der Waals surface area (Å²) in [4.78, 5) is 29.3. The van der Waals surface area contributed by atoms with Crippen molar-refractivity contribution in [2.75, 3.05) is 24.7 Å². The Hall–Kier alpha value is -3.01. The molecule has 3 aromatic rings. The number of rotatable bonds is 4. The van der Waals surface area contributed by atoms with E-state index in [2.05, 4.69) is 25.9 Å². The second-order valence-electron chi connectivity index (χ2n) is 5.16. The molecular weight excluding hydrogens is 330 g/mol. The fourth-order valence-corrected chi connectivity index (χ4v) is 2.77. The predicted molar refractivity (Wildman–Crippen MR) is 91.0 cm³/mol. The van der Waals surface area contributed by atoms with Gasteiger partial charge in [-0.05, 0) is 12.1 Å². The second kappa shape index (κ2) is 6.62. The van der Waals surface area contributed by atoms with Crippen molar-refractivity contribution >= 4 is 44.4 Å². The van der Waals surface area contributed by atoms with E-state index >= 15 is 0 Å². The summed E-state index contributed by atoms with van der Waals surface area (Å²) in [6.07, 6.45) is 1.49. The van der Waals surface area contributed by atoms with Gasteiger partial charge in [0, 0.05) is 14.1 Å². The van der Waals surface area contributed by atoms with Gasteiger partial charge in [-0.25, -0.2) is 14.5 Å². The normalized spacial score (nSPS) is 10.6. The molecule has 0 unspecified atom stereocenters. The molecule has 0 radical (unpaired) electrons. The summed E-state index contributed by atoms with van der Waals surface area (Å²) in [7, 11) is 3.23. The number of hydrogen-bond donors (Lipinski definition) is 2. The molecule has 3 amide bonds. The maximum Gasteiger partial charge on any atom is 0.322 e. The maximum atomic E-state index is 12.1. The Morgan fingerprint density at radius 1 is 1.25 bits per heavy atom. The van der Waals surface area contributed by atoms with Crippen molar-refractivity contribution in [1.82, 2.24) is 24.9 Å². The molecule has 1 aromatic carbocycles. The molecule has 0 aliphatic carbocycles. The number of urea groups is 1. The van der Waals surface area contributed by atoms with Crippen molar-refractivity contribution in [3.8, 4) is 0 Å². The van der Waals surface area contributed by atoms with Crippen molar-refractivity contribution in [1.29, 1.82) is 0 Å². The topological polar surface area (TPSA) is 105 Å². The Morgan fingerprint density at radius 3 is 2.79 bits per heavy atom. The summed E-state index contributed by atoms with van der Waals surface area (Å²) in [5.41, 5.74) is 0.840. The van der Waals surface area contributed by atoms with Crippen LogP contribution in [0, 0.1) is 0 Å². The molecular formula is C14H15N7O2S. The number of aromatic nitrogens is 4. The van der Waals surface area contributed by atoms with Crippen LogP contribution in [0.4, 0.5) is 15.7 Å². The van der Waals surface area contributed by atoms with E-state index in [1.54, 1.807) is 14.1 Å². The Bertz CT molecular complexity index is 853. The van der Waals surface area contributed by atoms with Crippen LogP contribution in [0.3, 0.4) is 0 Å². The number of carbonyl (C=O) groups excluding carboxylic acids is 2. The first kappa shape index (κ1) is 15.9. The van der Waals surface area contributed by atoms with Gasteiger partial charge < -0.3 is 10.2 Å². The quantitative estimate of drug-likeness (QED) is 0.747. The van der Waals surface area contributed by atoms with Crippen LogP contribution in [0.5, 0.6) is 0 Å². The highest BCUT2D eigenvalue weighted by Crippen LogP contribution is 2.25. The second-order valence-corrected chi connectivity index (χ2v) is 6.19. The third kappa shape index (κ3) is 3.66. The van der Waals surface area contributed by atoms with E-state index in [0.717, 1.165) is 10.2 Å².